The van der Waals surface area contributed by atoms with E-state index in [9.17, 15) is 9.90 Å². The Morgan fingerprint density at radius 2 is 2.08 bits per heavy atom. The van der Waals surface area contributed by atoms with E-state index in [1.807, 2.05) is 35.0 Å². The van der Waals surface area contributed by atoms with Crippen LogP contribution in [-0.4, -0.2) is 44.9 Å². The Kier molecular flexibility index (Phi) is 5.04. The minimum absolute atomic E-state index is 0.0333. The standard InChI is InChI=1S/C20H26N4O2/c25-12-11-24-18-9-10-23(16-7-4-8-16)14-17(18)19(22-24)20(26)21-13-15-5-2-1-3-6-15/h1-3,5-6,16,25H,4,7-14H2,(H,21,26). The predicted octanol–water partition coefficient (Wildman–Crippen LogP) is 1.72. The van der Waals surface area contributed by atoms with E-state index in [0.717, 1.165) is 36.3 Å². The highest BCUT2D eigenvalue weighted by atomic mass is 16.3. The average Bonchev–Trinajstić information content (AvgIpc) is 2.98. The lowest BCUT2D eigenvalue weighted by Crippen LogP contribution is -2.43. The number of rotatable bonds is 6. The van der Waals surface area contributed by atoms with Crippen molar-refractivity contribution in [3.05, 3.63) is 52.8 Å². The number of amides is 1. The van der Waals surface area contributed by atoms with Crippen molar-refractivity contribution >= 4 is 5.91 Å². The normalized spacial score (nSPS) is 17.6. The molecular formula is C20H26N4O2. The van der Waals surface area contributed by atoms with E-state index in [1.165, 1.54) is 19.3 Å². The highest BCUT2D eigenvalue weighted by Gasteiger charge is 2.32. The van der Waals surface area contributed by atoms with Crippen LogP contribution in [0.25, 0.3) is 0 Å². The van der Waals surface area contributed by atoms with Gasteiger partial charge in [-0.15, -0.1) is 0 Å². The molecule has 2 N–H and O–H groups in total. The molecule has 1 aliphatic carbocycles. The minimum Gasteiger partial charge on any atom is -0.394 e. The number of hydrogen-bond acceptors (Lipinski definition) is 4. The average molecular weight is 354 g/mol. The van der Waals surface area contributed by atoms with Crippen LogP contribution in [0.15, 0.2) is 30.3 Å². The molecule has 2 heterocycles. The lowest BCUT2D eigenvalue weighted by molar-refractivity contribution is 0.0934. The Morgan fingerprint density at radius 1 is 1.27 bits per heavy atom. The van der Waals surface area contributed by atoms with Gasteiger partial charge in [-0.1, -0.05) is 36.8 Å². The summed E-state index contributed by atoms with van der Waals surface area (Å²) < 4.78 is 1.82. The van der Waals surface area contributed by atoms with Gasteiger partial charge in [-0.3, -0.25) is 14.4 Å². The summed E-state index contributed by atoms with van der Waals surface area (Å²) in [5.41, 5.74) is 3.75. The maximum atomic E-state index is 12.8. The van der Waals surface area contributed by atoms with Gasteiger partial charge in [0.05, 0.1) is 13.2 Å². The molecule has 0 spiro atoms. The van der Waals surface area contributed by atoms with Gasteiger partial charge in [0.25, 0.3) is 5.91 Å². The van der Waals surface area contributed by atoms with Gasteiger partial charge in [0.2, 0.25) is 0 Å². The fourth-order valence-electron chi connectivity index (χ4n) is 3.90. The lowest BCUT2D eigenvalue weighted by atomic mass is 9.89. The number of benzene rings is 1. The largest absolute Gasteiger partial charge is 0.394 e. The first-order chi connectivity index (χ1) is 12.8. The summed E-state index contributed by atoms with van der Waals surface area (Å²) in [5, 5.41) is 16.9. The Hall–Kier alpha value is -2.18. The van der Waals surface area contributed by atoms with Crippen LogP contribution >= 0.6 is 0 Å². The Morgan fingerprint density at radius 3 is 2.77 bits per heavy atom. The molecule has 1 fully saturated rings. The zero-order chi connectivity index (χ0) is 17.9. The Labute approximate surface area is 153 Å². The van der Waals surface area contributed by atoms with Crippen LogP contribution in [-0.2, 0) is 26.1 Å². The van der Waals surface area contributed by atoms with Gasteiger partial charge in [0.1, 0.15) is 0 Å². The van der Waals surface area contributed by atoms with E-state index in [0.29, 0.717) is 24.8 Å². The summed E-state index contributed by atoms with van der Waals surface area (Å²) in [7, 11) is 0. The molecule has 4 rings (SSSR count). The molecule has 2 aromatic rings. The monoisotopic (exact) mass is 354 g/mol. The first-order valence-corrected chi connectivity index (χ1v) is 9.52. The molecule has 1 amide bonds. The van der Waals surface area contributed by atoms with E-state index in [4.69, 9.17) is 0 Å². The quantitative estimate of drug-likeness (QED) is 0.829. The Balaban J connectivity index is 1.53. The molecule has 6 heteroatoms. The van der Waals surface area contributed by atoms with Gasteiger partial charge in [-0.25, -0.2) is 0 Å². The minimum atomic E-state index is -0.128. The molecule has 0 radical (unpaired) electrons. The van der Waals surface area contributed by atoms with E-state index in [1.54, 1.807) is 0 Å². The Bertz CT molecular complexity index is 768. The van der Waals surface area contributed by atoms with Crippen LogP contribution in [0, 0.1) is 0 Å². The highest BCUT2D eigenvalue weighted by molar-refractivity contribution is 5.94. The van der Waals surface area contributed by atoms with Gasteiger partial charge < -0.3 is 10.4 Å². The number of fused-ring (bicyclic) bond motifs is 1. The van der Waals surface area contributed by atoms with Crippen molar-refractivity contribution in [1.29, 1.82) is 0 Å². The van der Waals surface area contributed by atoms with Crippen LogP contribution in [0.5, 0.6) is 0 Å². The van der Waals surface area contributed by atoms with Gasteiger partial charge >= 0.3 is 0 Å². The summed E-state index contributed by atoms with van der Waals surface area (Å²) in [6, 6.07) is 10.6. The molecule has 0 unspecified atom stereocenters. The molecule has 1 aromatic heterocycles. The third-order valence-electron chi connectivity index (χ3n) is 5.58. The predicted molar refractivity (Wildman–Crippen MR) is 98.7 cm³/mol. The van der Waals surface area contributed by atoms with Crippen LogP contribution in [0.1, 0.15) is 46.6 Å². The third kappa shape index (κ3) is 3.39. The number of carbonyl (C=O) groups excluding carboxylic acids is 1. The zero-order valence-corrected chi connectivity index (χ0v) is 15.0. The molecule has 26 heavy (non-hydrogen) atoms. The smallest absolute Gasteiger partial charge is 0.272 e. The van der Waals surface area contributed by atoms with Gasteiger partial charge in [-0.2, -0.15) is 5.10 Å². The highest BCUT2D eigenvalue weighted by Crippen LogP contribution is 2.31. The van der Waals surface area contributed by atoms with E-state index < -0.39 is 0 Å². The van der Waals surface area contributed by atoms with E-state index in [-0.39, 0.29) is 12.5 Å². The van der Waals surface area contributed by atoms with Crippen LogP contribution in [0.2, 0.25) is 0 Å². The first-order valence-electron chi connectivity index (χ1n) is 9.52. The first kappa shape index (κ1) is 17.2. The molecule has 0 saturated heterocycles. The van der Waals surface area contributed by atoms with Gasteiger partial charge in [-0.05, 0) is 18.4 Å². The summed E-state index contributed by atoms with van der Waals surface area (Å²) in [6.45, 7) is 2.77. The van der Waals surface area contributed by atoms with Crippen LogP contribution in [0.4, 0.5) is 0 Å². The molecule has 0 bridgehead atoms. The number of nitrogens with zero attached hydrogens (tertiary/aromatic N) is 3. The molecular weight excluding hydrogens is 328 g/mol. The van der Waals surface area contributed by atoms with Crippen molar-refractivity contribution in [2.75, 3.05) is 13.2 Å². The van der Waals surface area contributed by atoms with Crippen molar-refractivity contribution in [2.45, 2.75) is 51.4 Å². The molecule has 138 valence electrons. The molecule has 1 aliphatic heterocycles. The molecule has 1 saturated carbocycles. The number of hydrogen-bond donors (Lipinski definition) is 2. The van der Waals surface area contributed by atoms with E-state index in [2.05, 4.69) is 15.3 Å². The number of aliphatic hydroxyl groups excluding tert-OH is 1. The lowest BCUT2D eigenvalue weighted by Gasteiger charge is -2.39. The van der Waals surface area contributed by atoms with Crippen molar-refractivity contribution in [3.8, 4) is 0 Å². The summed E-state index contributed by atoms with van der Waals surface area (Å²) >= 11 is 0. The molecule has 1 aromatic carbocycles. The van der Waals surface area contributed by atoms with Crippen molar-refractivity contribution < 1.29 is 9.90 Å². The van der Waals surface area contributed by atoms with E-state index >= 15 is 0 Å². The molecule has 6 nitrogen and oxygen atoms in total. The number of aromatic nitrogens is 2. The number of aliphatic hydroxyl groups is 1. The van der Waals surface area contributed by atoms with Crippen molar-refractivity contribution in [1.82, 2.24) is 20.0 Å². The third-order valence-corrected chi connectivity index (χ3v) is 5.58. The fourth-order valence-corrected chi connectivity index (χ4v) is 3.90. The van der Waals surface area contributed by atoms with Crippen molar-refractivity contribution in [2.24, 2.45) is 0 Å². The second kappa shape index (κ2) is 7.60. The van der Waals surface area contributed by atoms with Crippen molar-refractivity contribution in [3.63, 3.8) is 0 Å². The molecule has 2 aliphatic rings. The second-order valence-corrected chi connectivity index (χ2v) is 7.19. The summed E-state index contributed by atoms with van der Waals surface area (Å²) in [6.07, 6.45) is 4.72. The topological polar surface area (TPSA) is 70.4 Å². The fraction of sp³-hybridized carbons (Fsp3) is 0.500. The zero-order valence-electron chi connectivity index (χ0n) is 15.0. The second-order valence-electron chi connectivity index (χ2n) is 7.19. The molecule has 0 atom stereocenters. The maximum Gasteiger partial charge on any atom is 0.272 e. The maximum absolute atomic E-state index is 12.8. The SMILES string of the molecule is O=C(NCc1ccccc1)c1nn(CCO)c2c1CN(C1CCC1)CC2. The van der Waals surface area contributed by atoms with Gasteiger partial charge in [0, 0.05) is 43.4 Å². The summed E-state index contributed by atoms with van der Waals surface area (Å²) in [5.74, 6) is -0.128. The van der Waals surface area contributed by atoms with Crippen LogP contribution in [0.3, 0.4) is 0 Å². The number of carbonyl (C=O) groups is 1. The van der Waals surface area contributed by atoms with Gasteiger partial charge in [0.15, 0.2) is 5.69 Å². The van der Waals surface area contributed by atoms with Crippen LogP contribution < -0.4 is 5.32 Å². The summed E-state index contributed by atoms with van der Waals surface area (Å²) in [4.78, 5) is 15.3. The number of nitrogens with one attached hydrogen (secondary N) is 1.